The Hall–Kier alpha value is -2.79. The molecule has 1 N–H and O–H groups in total. The zero-order chi connectivity index (χ0) is 17.1. The molecule has 0 aliphatic carbocycles. The summed E-state index contributed by atoms with van der Waals surface area (Å²) in [6.07, 6.45) is 0. The predicted molar refractivity (Wildman–Crippen MR) is 93.0 cm³/mol. The van der Waals surface area contributed by atoms with E-state index >= 15 is 0 Å². The van der Waals surface area contributed by atoms with Crippen LogP contribution in [0.4, 0.5) is 11.4 Å². The Labute approximate surface area is 144 Å². The summed E-state index contributed by atoms with van der Waals surface area (Å²) in [6, 6.07) is 15.8. The average Bonchev–Trinajstić information content (AvgIpc) is 2.81. The summed E-state index contributed by atoms with van der Waals surface area (Å²) in [4.78, 5) is 26.0. The fourth-order valence-corrected chi connectivity index (χ4v) is 2.58. The van der Waals surface area contributed by atoms with Crippen LogP contribution in [0.25, 0.3) is 0 Å². The van der Waals surface area contributed by atoms with E-state index in [-0.39, 0.29) is 10.7 Å². The molecule has 0 saturated heterocycles. The van der Waals surface area contributed by atoms with Gasteiger partial charge in [-0.1, -0.05) is 29.8 Å². The van der Waals surface area contributed by atoms with Crippen LogP contribution in [0.1, 0.15) is 6.92 Å². The van der Waals surface area contributed by atoms with Crippen LogP contribution in [0.2, 0.25) is 0 Å². The molecule has 0 bridgehead atoms. The van der Waals surface area contributed by atoms with Crippen molar-refractivity contribution in [3.8, 4) is 5.75 Å². The smallest absolute Gasteiger partial charge is 0.283 e. The minimum absolute atomic E-state index is 0.0711. The zero-order valence-electron chi connectivity index (χ0n) is 13.0. The lowest BCUT2D eigenvalue weighted by Crippen LogP contribution is -2.32. The fraction of sp³-hybridized carbons (Fsp3) is 0.111. The van der Waals surface area contributed by atoms with Crippen LogP contribution in [0.3, 0.4) is 0 Å². The van der Waals surface area contributed by atoms with Crippen LogP contribution < -0.4 is 15.0 Å². The third kappa shape index (κ3) is 2.98. The number of hydrogen-bond donors (Lipinski definition) is 1. The van der Waals surface area contributed by atoms with E-state index in [0.29, 0.717) is 23.7 Å². The van der Waals surface area contributed by atoms with Crippen molar-refractivity contribution in [1.29, 1.82) is 0 Å². The first-order valence-corrected chi connectivity index (χ1v) is 7.83. The van der Waals surface area contributed by atoms with Gasteiger partial charge in [0.1, 0.15) is 16.5 Å². The molecular formula is C18H15ClN2O3. The lowest BCUT2D eigenvalue weighted by atomic mass is 10.2. The summed E-state index contributed by atoms with van der Waals surface area (Å²) < 4.78 is 5.36. The number of carbonyl (C=O) groups is 2. The molecular weight excluding hydrogens is 328 g/mol. The number of nitrogens with one attached hydrogen (secondary N) is 1. The number of para-hydroxylation sites is 1. The summed E-state index contributed by atoms with van der Waals surface area (Å²) in [6.45, 7) is 2.42. The van der Waals surface area contributed by atoms with Gasteiger partial charge >= 0.3 is 0 Å². The monoisotopic (exact) mass is 342 g/mol. The number of imide groups is 1. The quantitative estimate of drug-likeness (QED) is 0.845. The van der Waals surface area contributed by atoms with Crippen molar-refractivity contribution in [2.75, 3.05) is 16.8 Å². The number of carbonyl (C=O) groups excluding carboxylic acids is 2. The number of ether oxygens (including phenoxy) is 1. The molecule has 0 atom stereocenters. The number of rotatable bonds is 5. The minimum atomic E-state index is -0.552. The van der Waals surface area contributed by atoms with Gasteiger partial charge in [-0.3, -0.25) is 9.59 Å². The Morgan fingerprint density at radius 2 is 1.67 bits per heavy atom. The van der Waals surface area contributed by atoms with Crippen molar-refractivity contribution < 1.29 is 14.3 Å². The largest absolute Gasteiger partial charge is 0.494 e. The van der Waals surface area contributed by atoms with E-state index in [0.717, 1.165) is 4.90 Å². The van der Waals surface area contributed by atoms with Crippen molar-refractivity contribution in [3.05, 3.63) is 65.3 Å². The van der Waals surface area contributed by atoms with E-state index in [4.69, 9.17) is 16.3 Å². The molecule has 0 spiro atoms. The summed E-state index contributed by atoms with van der Waals surface area (Å²) in [5.41, 5.74) is 1.19. The highest BCUT2D eigenvalue weighted by Crippen LogP contribution is 2.30. The Kier molecular flexibility index (Phi) is 4.53. The van der Waals surface area contributed by atoms with E-state index in [2.05, 4.69) is 5.32 Å². The van der Waals surface area contributed by atoms with Gasteiger partial charge < -0.3 is 10.1 Å². The molecule has 122 valence electrons. The van der Waals surface area contributed by atoms with Crippen molar-refractivity contribution in [1.82, 2.24) is 0 Å². The first-order valence-electron chi connectivity index (χ1n) is 7.45. The Bertz CT molecular complexity index is 801. The van der Waals surface area contributed by atoms with E-state index in [1.807, 2.05) is 25.1 Å². The minimum Gasteiger partial charge on any atom is -0.494 e. The third-order valence-electron chi connectivity index (χ3n) is 3.48. The summed E-state index contributed by atoms with van der Waals surface area (Å²) >= 11 is 6.08. The molecule has 2 amide bonds. The number of anilines is 2. The van der Waals surface area contributed by atoms with Gasteiger partial charge in [0.25, 0.3) is 11.8 Å². The van der Waals surface area contributed by atoms with Crippen molar-refractivity contribution >= 4 is 34.8 Å². The van der Waals surface area contributed by atoms with Gasteiger partial charge in [-0.15, -0.1) is 0 Å². The van der Waals surface area contributed by atoms with Crippen LogP contribution in [0.5, 0.6) is 5.75 Å². The second-order valence-electron chi connectivity index (χ2n) is 5.05. The lowest BCUT2D eigenvalue weighted by Gasteiger charge is -2.15. The zero-order valence-corrected chi connectivity index (χ0v) is 13.7. The predicted octanol–water partition coefficient (Wildman–Crippen LogP) is 3.52. The van der Waals surface area contributed by atoms with Gasteiger partial charge in [0.15, 0.2) is 0 Å². The molecule has 1 heterocycles. The summed E-state index contributed by atoms with van der Waals surface area (Å²) in [5, 5.41) is 2.79. The highest BCUT2D eigenvalue weighted by Gasteiger charge is 2.38. The lowest BCUT2D eigenvalue weighted by molar-refractivity contribution is -0.120. The van der Waals surface area contributed by atoms with Gasteiger partial charge in [-0.05, 0) is 43.3 Å². The molecule has 0 unspecified atom stereocenters. The fourth-order valence-electron chi connectivity index (χ4n) is 2.37. The van der Waals surface area contributed by atoms with Crippen LogP contribution in [-0.2, 0) is 9.59 Å². The molecule has 2 aromatic rings. The Morgan fingerprint density at radius 1 is 1.00 bits per heavy atom. The van der Waals surface area contributed by atoms with Gasteiger partial charge in [0, 0.05) is 5.69 Å². The maximum Gasteiger partial charge on any atom is 0.283 e. The summed E-state index contributed by atoms with van der Waals surface area (Å²) in [5.74, 6) is -0.371. The SMILES string of the molecule is CCOc1ccc(N2C(=O)C(Cl)=C(Nc3ccccc3)C2=O)cc1. The standard InChI is InChI=1S/C18H15ClN2O3/c1-2-24-14-10-8-13(9-11-14)21-17(22)15(19)16(18(21)23)20-12-6-4-3-5-7-12/h3-11,20H,2H2,1H3. The van der Waals surface area contributed by atoms with Crippen LogP contribution >= 0.6 is 11.6 Å². The topological polar surface area (TPSA) is 58.6 Å². The second-order valence-corrected chi connectivity index (χ2v) is 5.43. The van der Waals surface area contributed by atoms with Gasteiger partial charge in [0.05, 0.1) is 12.3 Å². The molecule has 0 radical (unpaired) electrons. The van der Waals surface area contributed by atoms with Crippen molar-refractivity contribution in [2.45, 2.75) is 6.92 Å². The molecule has 1 aliphatic heterocycles. The molecule has 0 saturated carbocycles. The average molecular weight is 343 g/mol. The molecule has 6 heteroatoms. The van der Waals surface area contributed by atoms with Gasteiger partial charge in [-0.2, -0.15) is 0 Å². The number of benzene rings is 2. The highest BCUT2D eigenvalue weighted by molar-refractivity contribution is 6.53. The Morgan fingerprint density at radius 3 is 2.29 bits per heavy atom. The number of halogens is 1. The molecule has 24 heavy (non-hydrogen) atoms. The van der Waals surface area contributed by atoms with Gasteiger partial charge in [-0.25, -0.2) is 4.90 Å². The molecule has 3 rings (SSSR count). The summed E-state index contributed by atoms with van der Waals surface area (Å²) in [7, 11) is 0. The Balaban J connectivity index is 1.85. The van der Waals surface area contributed by atoms with Crippen LogP contribution in [-0.4, -0.2) is 18.4 Å². The first kappa shape index (κ1) is 16.1. The van der Waals surface area contributed by atoms with Crippen LogP contribution in [0.15, 0.2) is 65.3 Å². The maximum absolute atomic E-state index is 12.6. The maximum atomic E-state index is 12.6. The molecule has 2 aromatic carbocycles. The number of amides is 2. The normalized spacial score (nSPS) is 14.3. The third-order valence-corrected chi connectivity index (χ3v) is 3.83. The molecule has 1 aliphatic rings. The molecule has 0 aromatic heterocycles. The molecule has 0 fully saturated rings. The second kappa shape index (κ2) is 6.76. The van der Waals surface area contributed by atoms with E-state index in [1.165, 1.54) is 0 Å². The van der Waals surface area contributed by atoms with E-state index < -0.39 is 11.8 Å². The van der Waals surface area contributed by atoms with Gasteiger partial charge in [0.2, 0.25) is 0 Å². The van der Waals surface area contributed by atoms with Crippen LogP contribution in [0, 0.1) is 0 Å². The molecule has 5 nitrogen and oxygen atoms in total. The number of hydrogen-bond acceptors (Lipinski definition) is 4. The highest BCUT2D eigenvalue weighted by atomic mass is 35.5. The van der Waals surface area contributed by atoms with E-state index in [9.17, 15) is 9.59 Å². The number of nitrogens with zero attached hydrogens (tertiary/aromatic N) is 1. The van der Waals surface area contributed by atoms with E-state index in [1.54, 1.807) is 36.4 Å². The van der Waals surface area contributed by atoms with Crippen molar-refractivity contribution in [2.24, 2.45) is 0 Å². The first-order chi connectivity index (χ1) is 11.6. The van der Waals surface area contributed by atoms with Crippen molar-refractivity contribution in [3.63, 3.8) is 0 Å².